The highest BCUT2D eigenvalue weighted by molar-refractivity contribution is 9.10. The molecule has 1 aromatic carbocycles. The van der Waals surface area contributed by atoms with Gasteiger partial charge in [-0.25, -0.2) is 4.68 Å². The molecule has 2 heterocycles. The highest BCUT2D eigenvalue weighted by atomic mass is 79.9. The molecule has 0 aliphatic carbocycles. The minimum Gasteiger partial charge on any atom is -0.461 e. The van der Waals surface area contributed by atoms with E-state index in [0.29, 0.717) is 13.2 Å². The predicted octanol–water partition coefficient (Wildman–Crippen LogP) is 2.73. The van der Waals surface area contributed by atoms with E-state index in [1.54, 1.807) is 10.9 Å². The smallest absolute Gasteiger partial charge is 0.205 e. The number of hydrogen-bond donors (Lipinski definition) is 0. The fourth-order valence-electron chi connectivity index (χ4n) is 2.07. The van der Waals surface area contributed by atoms with Crippen molar-refractivity contribution in [2.24, 2.45) is 0 Å². The highest BCUT2D eigenvalue weighted by Crippen LogP contribution is 2.39. The van der Waals surface area contributed by atoms with Crippen molar-refractivity contribution < 1.29 is 9.47 Å². The Morgan fingerprint density at radius 3 is 3.00 bits per heavy atom. The van der Waals surface area contributed by atoms with Crippen LogP contribution >= 0.6 is 15.9 Å². The number of rotatable bonds is 2. The fourth-order valence-corrected chi connectivity index (χ4v) is 2.52. The first-order valence-electron chi connectivity index (χ1n) is 6.02. The lowest BCUT2D eigenvalue weighted by Crippen LogP contribution is -2.36. The molecule has 19 heavy (non-hydrogen) atoms. The summed E-state index contributed by atoms with van der Waals surface area (Å²) in [6.07, 6.45) is 3.50. The van der Waals surface area contributed by atoms with Gasteiger partial charge < -0.3 is 9.47 Å². The lowest BCUT2D eigenvalue weighted by Gasteiger charge is -2.34. The molecule has 0 bridgehead atoms. The Bertz CT molecular complexity index is 596. The van der Waals surface area contributed by atoms with E-state index >= 15 is 0 Å². The second-order valence-electron chi connectivity index (χ2n) is 4.91. The van der Waals surface area contributed by atoms with Gasteiger partial charge in [-0.05, 0) is 27.6 Å². The number of benzene rings is 1. The maximum Gasteiger partial charge on any atom is 0.205 e. The quantitative estimate of drug-likeness (QED) is 0.852. The molecule has 2 aromatic rings. The Morgan fingerprint density at radius 1 is 1.42 bits per heavy atom. The third kappa shape index (κ3) is 2.50. The molecule has 0 N–H and O–H groups in total. The molecular weight excluding hydrogens is 310 g/mol. The first-order chi connectivity index (χ1) is 9.05. The van der Waals surface area contributed by atoms with Crippen LogP contribution in [0, 0.1) is 0 Å². The van der Waals surface area contributed by atoms with Gasteiger partial charge in [-0.3, -0.25) is 0 Å². The number of fused-ring (bicyclic) bond motifs is 1. The van der Waals surface area contributed by atoms with Crippen molar-refractivity contribution in [1.29, 1.82) is 0 Å². The van der Waals surface area contributed by atoms with Crippen LogP contribution in [0.3, 0.4) is 0 Å². The van der Waals surface area contributed by atoms with Crippen LogP contribution in [0.1, 0.15) is 25.0 Å². The molecular formula is C13H14BrN3O2. The van der Waals surface area contributed by atoms with Crippen molar-refractivity contribution in [1.82, 2.24) is 15.0 Å². The predicted molar refractivity (Wildman–Crippen MR) is 72.8 cm³/mol. The average molecular weight is 324 g/mol. The molecule has 100 valence electrons. The third-order valence-corrected chi connectivity index (χ3v) is 3.65. The highest BCUT2D eigenvalue weighted by Gasteiger charge is 2.30. The molecule has 0 fully saturated rings. The summed E-state index contributed by atoms with van der Waals surface area (Å²) < 4.78 is 14.3. The summed E-state index contributed by atoms with van der Waals surface area (Å²) in [6.45, 7) is 5.01. The Balaban J connectivity index is 1.99. The van der Waals surface area contributed by atoms with Gasteiger partial charge in [-0.15, -0.1) is 5.10 Å². The molecule has 0 amide bonds. The molecule has 0 atom stereocenters. The van der Waals surface area contributed by atoms with Gasteiger partial charge in [0.15, 0.2) is 0 Å². The molecule has 5 nitrogen and oxygen atoms in total. The fraction of sp³-hybridized carbons (Fsp3) is 0.385. The molecule has 0 saturated carbocycles. The topological polar surface area (TPSA) is 49.2 Å². The molecule has 0 radical (unpaired) electrons. The summed E-state index contributed by atoms with van der Waals surface area (Å²) >= 11 is 3.53. The minimum atomic E-state index is -0.596. The van der Waals surface area contributed by atoms with E-state index in [0.717, 1.165) is 21.3 Å². The van der Waals surface area contributed by atoms with E-state index in [-0.39, 0.29) is 0 Å². The van der Waals surface area contributed by atoms with Crippen molar-refractivity contribution in [2.75, 3.05) is 0 Å². The number of aromatic nitrogens is 3. The second-order valence-corrected chi connectivity index (χ2v) is 5.76. The van der Waals surface area contributed by atoms with Crippen LogP contribution in [0.25, 0.3) is 0 Å². The molecule has 0 unspecified atom stereocenters. The molecule has 3 rings (SSSR count). The SMILES string of the molecule is CC1(C)OCc2c(Cn3ccnn3)ccc(Br)c2O1. The Morgan fingerprint density at radius 2 is 2.26 bits per heavy atom. The maximum atomic E-state index is 5.90. The first-order valence-corrected chi connectivity index (χ1v) is 6.82. The molecule has 6 heteroatoms. The average Bonchev–Trinajstić information content (AvgIpc) is 2.85. The zero-order valence-corrected chi connectivity index (χ0v) is 12.3. The summed E-state index contributed by atoms with van der Waals surface area (Å²) in [4.78, 5) is 0. The van der Waals surface area contributed by atoms with E-state index in [2.05, 4.69) is 32.3 Å². The normalized spacial score (nSPS) is 16.8. The largest absolute Gasteiger partial charge is 0.461 e. The summed E-state index contributed by atoms with van der Waals surface area (Å²) in [6, 6.07) is 4.04. The lowest BCUT2D eigenvalue weighted by molar-refractivity contribution is -0.180. The Labute approximate surface area is 119 Å². The summed E-state index contributed by atoms with van der Waals surface area (Å²) in [5.74, 6) is 0.260. The van der Waals surface area contributed by atoms with Crippen LogP contribution in [0.15, 0.2) is 29.0 Å². The lowest BCUT2D eigenvalue weighted by atomic mass is 10.1. The number of ether oxygens (including phenoxy) is 2. The van der Waals surface area contributed by atoms with Crippen LogP contribution in [-0.4, -0.2) is 20.8 Å². The van der Waals surface area contributed by atoms with Gasteiger partial charge >= 0.3 is 0 Å². The van der Waals surface area contributed by atoms with Crippen LogP contribution < -0.4 is 4.74 Å². The van der Waals surface area contributed by atoms with Crippen molar-refractivity contribution in [2.45, 2.75) is 32.8 Å². The monoisotopic (exact) mass is 323 g/mol. The van der Waals surface area contributed by atoms with Gasteiger partial charge in [0.2, 0.25) is 5.79 Å². The van der Waals surface area contributed by atoms with E-state index in [9.17, 15) is 0 Å². The minimum absolute atomic E-state index is 0.534. The number of hydrogen-bond acceptors (Lipinski definition) is 4. The molecule has 0 spiro atoms. The van der Waals surface area contributed by atoms with Crippen LogP contribution in [0.5, 0.6) is 5.75 Å². The Kier molecular flexibility index (Phi) is 3.06. The maximum absolute atomic E-state index is 5.90. The van der Waals surface area contributed by atoms with Crippen LogP contribution in [-0.2, 0) is 17.9 Å². The molecule has 1 aromatic heterocycles. The number of halogens is 1. The zero-order chi connectivity index (χ0) is 13.5. The molecule has 0 saturated heterocycles. The van der Waals surface area contributed by atoms with Crippen molar-refractivity contribution in [3.63, 3.8) is 0 Å². The van der Waals surface area contributed by atoms with Crippen LogP contribution in [0.4, 0.5) is 0 Å². The van der Waals surface area contributed by atoms with Crippen LogP contribution in [0.2, 0.25) is 0 Å². The van der Waals surface area contributed by atoms with Gasteiger partial charge in [0, 0.05) is 25.6 Å². The van der Waals surface area contributed by atoms with Crippen molar-refractivity contribution in [3.8, 4) is 5.75 Å². The first kappa shape index (κ1) is 12.6. The summed E-state index contributed by atoms with van der Waals surface area (Å²) in [5.41, 5.74) is 2.18. The van der Waals surface area contributed by atoms with Gasteiger partial charge in [-0.2, -0.15) is 0 Å². The van der Waals surface area contributed by atoms with Gasteiger partial charge in [0.1, 0.15) is 5.75 Å². The van der Waals surface area contributed by atoms with Gasteiger partial charge in [0.25, 0.3) is 0 Å². The summed E-state index contributed by atoms with van der Waals surface area (Å²) in [5, 5.41) is 7.80. The second kappa shape index (κ2) is 4.61. The zero-order valence-electron chi connectivity index (χ0n) is 10.8. The molecule has 1 aliphatic rings. The van der Waals surface area contributed by atoms with E-state index in [4.69, 9.17) is 9.47 Å². The van der Waals surface area contributed by atoms with E-state index in [1.807, 2.05) is 26.1 Å². The standard InChI is InChI=1S/C13H14BrN3O2/c1-13(2)18-8-10-9(7-17-6-5-15-16-17)3-4-11(14)12(10)19-13/h3-6H,7-8H2,1-2H3. The van der Waals surface area contributed by atoms with E-state index in [1.165, 1.54) is 0 Å². The van der Waals surface area contributed by atoms with Crippen molar-refractivity contribution >= 4 is 15.9 Å². The Hall–Kier alpha value is -1.40. The molecule has 1 aliphatic heterocycles. The summed E-state index contributed by atoms with van der Waals surface area (Å²) in [7, 11) is 0. The van der Waals surface area contributed by atoms with Gasteiger partial charge in [0.05, 0.1) is 23.8 Å². The van der Waals surface area contributed by atoms with Crippen molar-refractivity contribution in [3.05, 3.63) is 40.1 Å². The number of nitrogens with zero attached hydrogens (tertiary/aromatic N) is 3. The van der Waals surface area contributed by atoms with Gasteiger partial charge in [-0.1, -0.05) is 11.3 Å². The van der Waals surface area contributed by atoms with E-state index < -0.39 is 5.79 Å². The third-order valence-electron chi connectivity index (χ3n) is 3.03.